The van der Waals surface area contributed by atoms with Gasteiger partial charge in [-0.15, -0.1) is 11.3 Å². The Balaban J connectivity index is 2.05. The molecular weight excluding hydrogens is 350 g/mol. The number of benzene rings is 2. The Morgan fingerprint density at radius 3 is 1.88 bits per heavy atom. The summed E-state index contributed by atoms with van der Waals surface area (Å²) in [5.41, 5.74) is 3.10. The predicted octanol–water partition coefficient (Wildman–Crippen LogP) is 5.28. The van der Waals surface area contributed by atoms with E-state index in [2.05, 4.69) is 5.32 Å². The molecule has 2 aromatic carbocycles. The van der Waals surface area contributed by atoms with Gasteiger partial charge >= 0.3 is 6.09 Å². The Bertz CT molecular complexity index is 820. The SMILES string of the molecule is COC(=O)Nc1cc(-c2ccc(OC)cc2)c(-c2ccc(OC)cc2)s1. The van der Waals surface area contributed by atoms with E-state index in [1.165, 1.54) is 18.4 Å². The maximum atomic E-state index is 11.6. The normalized spacial score (nSPS) is 10.3. The molecule has 3 rings (SSSR count). The van der Waals surface area contributed by atoms with Crippen LogP contribution in [0.1, 0.15) is 0 Å². The van der Waals surface area contributed by atoms with E-state index in [9.17, 15) is 4.79 Å². The number of thiophene rings is 1. The van der Waals surface area contributed by atoms with Gasteiger partial charge < -0.3 is 14.2 Å². The average molecular weight is 369 g/mol. The van der Waals surface area contributed by atoms with Gasteiger partial charge in [-0.3, -0.25) is 5.32 Å². The lowest BCUT2D eigenvalue weighted by molar-refractivity contribution is 0.187. The molecule has 5 nitrogen and oxygen atoms in total. The Hall–Kier alpha value is -2.99. The Labute approximate surface area is 156 Å². The summed E-state index contributed by atoms with van der Waals surface area (Å²) < 4.78 is 15.2. The Morgan fingerprint density at radius 2 is 1.38 bits per heavy atom. The number of methoxy groups -OCH3 is 3. The molecule has 0 radical (unpaired) electrons. The molecule has 0 aliphatic rings. The molecule has 134 valence electrons. The van der Waals surface area contributed by atoms with Crippen molar-refractivity contribution in [1.29, 1.82) is 0 Å². The first kappa shape index (κ1) is 17.8. The van der Waals surface area contributed by atoms with Gasteiger partial charge in [0.05, 0.1) is 26.3 Å². The predicted molar refractivity (Wildman–Crippen MR) is 104 cm³/mol. The van der Waals surface area contributed by atoms with E-state index < -0.39 is 6.09 Å². The highest BCUT2D eigenvalue weighted by Gasteiger charge is 2.15. The van der Waals surface area contributed by atoms with Crippen LogP contribution in [0.4, 0.5) is 9.80 Å². The number of carbonyl (C=O) groups is 1. The van der Waals surface area contributed by atoms with Crippen molar-refractivity contribution >= 4 is 22.4 Å². The summed E-state index contributed by atoms with van der Waals surface area (Å²) >= 11 is 1.49. The number of hydrogen-bond acceptors (Lipinski definition) is 5. The third kappa shape index (κ3) is 3.81. The fraction of sp³-hybridized carbons (Fsp3) is 0.150. The van der Waals surface area contributed by atoms with E-state index in [0.29, 0.717) is 5.00 Å². The summed E-state index contributed by atoms with van der Waals surface area (Å²) in [6, 6.07) is 17.6. The third-order valence-electron chi connectivity index (χ3n) is 3.90. The number of anilines is 1. The smallest absolute Gasteiger partial charge is 0.411 e. The maximum Gasteiger partial charge on any atom is 0.411 e. The van der Waals surface area contributed by atoms with Crippen LogP contribution in [-0.2, 0) is 4.74 Å². The van der Waals surface area contributed by atoms with E-state index in [1.54, 1.807) is 14.2 Å². The summed E-state index contributed by atoms with van der Waals surface area (Å²) in [5.74, 6) is 1.59. The van der Waals surface area contributed by atoms with Crippen LogP contribution in [0.5, 0.6) is 11.5 Å². The van der Waals surface area contributed by atoms with Gasteiger partial charge in [-0.05, 0) is 53.6 Å². The molecule has 1 N–H and O–H groups in total. The molecule has 0 aliphatic heterocycles. The van der Waals surface area contributed by atoms with Gasteiger partial charge in [0.2, 0.25) is 0 Å². The van der Waals surface area contributed by atoms with Crippen molar-refractivity contribution in [3.8, 4) is 33.1 Å². The molecule has 0 fully saturated rings. The van der Waals surface area contributed by atoms with Gasteiger partial charge in [0.1, 0.15) is 11.5 Å². The highest BCUT2D eigenvalue weighted by atomic mass is 32.1. The molecule has 3 aromatic rings. The highest BCUT2D eigenvalue weighted by Crippen LogP contribution is 2.42. The zero-order valence-corrected chi connectivity index (χ0v) is 15.6. The highest BCUT2D eigenvalue weighted by molar-refractivity contribution is 7.20. The molecular formula is C20H19NO4S. The lowest BCUT2D eigenvalue weighted by Crippen LogP contribution is -2.09. The molecule has 1 amide bonds. The van der Waals surface area contributed by atoms with Crippen LogP contribution in [0.25, 0.3) is 21.6 Å². The fourth-order valence-electron chi connectivity index (χ4n) is 2.55. The van der Waals surface area contributed by atoms with Crippen molar-refractivity contribution in [1.82, 2.24) is 0 Å². The summed E-state index contributed by atoms with van der Waals surface area (Å²) in [5, 5.41) is 3.46. The summed E-state index contributed by atoms with van der Waals surface area (Å²) in [6.45, 7) is 0. The first-order chi connectivity index (χ1) is 12.6. The zero-order chi connectivity index (χ0) is 18.5. The van der Waals surface area contributed by atoms with Crippen molar-refractivity contribution in [2.24, 2.45) is 0 Å². The van der Waals surface area contributed by atoms with Crippen molar-refractivity contribution in [2.45, 2.75) is 0 Å². The second-order valence-corrected chi connectivity index (χ2v) is 6.48. The van der Waals surface area contributed by atoms with Gasteiger partial charge in [0.25, 0.3) is 0 Å². The largest absolute Gasteiger partial charge is 0.497 e. The average Bonchev–Trinajstić information content (AvgIpc) is 3.11. The van der Waals surface area contributed by atoms with Crippen molar-refractivity contribution in [3.63, 3.8) is 0 Å². The standard InChI is InChI=1S/C20H19NO4S/c1-23-15-8-4-13(5-9-15)17-12-18(21-20(22)25-3)26-19(17)14-6-10-16(24-2)11-7-14/h4-12H,1-3H3,(H,21,22). The van der Waals surface area contributed by atoms with Crippen molar-refractivity contribution in [2.75, 3.05) is 26.6 Å². The molecule has 1 heterocycles. The monoisotopic (exact) mass is 369 g/mol. The van der Waals surface area contributed by atoms with Crippen molar-refractivity contribution < 1.29 is 19.0 Å². The summed E-state index contributed by atoms with van der Waals surface area (Å²) in [6.07, 6.45) is -0.492. The van der Waals surface area contributed by atoms with Crippen LogP contribution in [0, 0.1) is 0 Å². The molecule has 0 saturated heterocycles. The molecule has 0 aliphatic carbocycles. The minimum Gasteiger partial charge on any atom is -0.497 e. The molecule has 0 bridgehead atoms. The van der Waals surface area contributed by atoms with Crippen LogP contribution < -0.4 is 14.8 Å². The van der Waals surface area contributed by atoms with Crippen LogP contribution in [0.2, 0.25) is 0 Å². The lowest BCUT2D eigenvalue weighted by Gasteiger charge is -2.06. The first-order valence-corrected chi connectivity index (χ1v) is 8.74. The number of ether oxygens (including phenoxy) is 3. The van der Waals surface area contributed by atoms with E-state index in [-0.39, 0.29) is 0 Å². The number of hydrogen-bond donors (Lipinski definition) is 1. The van der Waals surface area contributed by atoms with Gasteiger partial charge in [-0.25, -0.2) is 4.79 Å². The molecule has 1 aromatic heterocycles. The number of nitrogens with one attached hydrogen (secondary N) is 1. The van der Waals surface area contributed by atoms with Crippen LogP contribution in [0.3, 0.4) is 0 Å². The minimum absolute atomic E-state index is 0.492. The lowest BCUT2D eigenvalue weighted by atomic mass is 10.0. The van der Waals surface area contributed by atoms with Crippen LogP contribution in [0.15, 0.2) is 54.6 Å². The Kier molecular flexibility index (Phi) is 5.43. The van der Waals surface area contributed by atoms with E-state index in [1.807, 2.05) is 54.6 Å². The van der Waals surface area contributed by atoms with Crippen LogP contribution >= 0.6 is 11.3 Å². The number of amides is 1. The number of carbonyl (C=O) groups excluding carboxylic acids is 1. The topological polar surface area (TPSA) is 56.8 Å². The number of rotatable bonds is 5. The first-order valence-electron chi connectivity index (χ1n) is 7.92. The summed E-state index contributed by atoms with van der Waals surface area (Å²) in [7, 11) is 4.62. The van der Waals surface area contributed by atoms with Crippen molar-refractivity contribution in [3.05, 3.63) is 54.6 Å². The quantitative estimate of drug-likeness (QED) is 0.665. The second kappa shape index (κ2) is 7.93. The van der Waals surface area contributed by atoms with Gasteiger partial charge in [0, 0.05) is 10.4 Å². The van der Waals surface area contributed by atoms with Gasteiger partial charge in [-0.2, -0.15) is 0 Å². The van der Waals surface area contributed by atoms with E-state index in [4.69, 9.17) is 14.2 Å². The second-order valence-electron chi connectivity index (χ2n) is 5.43. The minimum atomic E-state index is -0.492. The molecule has 26 heavy (non-hydrogen) atoms. The molecule has 0 saturated carbocycles. The molecule has 6 heteroatoms. The molecule has 0 spiro atoms. The Morgan fingerprint density at radius 1 is 0.846 bits per heavy atom. The fourth-order valence-corrected chi connectivity index (χ4v) is 3.62. The van der Waals surface area contributed by atoms with Crippen LogP contribution in [-0.4, -0.2) is 27.4 Å². The van der Waals surface area contributed by atoms with Gasteiger partial charge in [-0.1, -0.05) is 12.1 Å². The van der Waals surface area contributed by atoms with E-state index >= 15 is 0 Å². The summed E-state index contributed by atoms with van der Waals surface area (Å²) in [4.78, 5) is 12.6. The zero-order valence-electron chi connectivity index (χ0n) is 14.7. The van der Waals surface area contributed by atoms with Gasteiger partial charge in [0.15, 0.2) is 0 Å². The third-order valence-corrected chi connectivity index (χ3v) is 5.00. The molecule has 0 unspecified atom stereocenters. The molecule has 0 atom stereocenters. The maximum absolute atomic E-state index is 11.6. The van der Waals surface area contributed by atoms with E-state index in [0.717, 1.165) is 33.1 Å².